The maximum atomic E-state index is 11.0. The van der Waals surface area contributed by atoms with Gasteiger partial charge < -0.3 is 5.11 Å². The van der Waals surface area contributed by atoms with Crippen LogP contribution in [0, 0.1) is 0 Å². The third-order valence-electron chi connectivity index (χ3n) is 2.53. The standard InChI is InChI=1S/C11H6ClN5O2/c12-8-1-6(11(18)19)4-17-9(15-16-10(8)17)7-2-13-5-14-3-7/h1-5H,(H,18,19). The highest BCUT2D eigenvalue weighted by atomic mass is 35.5. The maximum absolute atomic E-state index is 11.0. The van der Waals surface area contributed by atoms with E-state index in [9.17, 15) is 4.79 Å². The Morgan fingerprint density at radius 3 is 2.68 bits per heavy atom. The molecule has 0 radical (unpaired) electrons. The lowest BCUT2D eigenvalue weighted by molar-refractivity contribution is 0.0696. The van der Waals surface area contributed by atoms with E-state index < -0.39 is 5.97 Å². The highest BCUT2D eigenvalue weighted by Gasteiger charge is 2.14. The van der Waals surface area contributed by atoms with Crippen molar-refractivity contribution in [2.24, 2.45) is 0 Å². The first-order valence-corrected chi connectivity index (χ1v) is 5.57. The molecule has 0 spiro atoms. The van der Waals surface area contributed by atoms with Crippen molar-refractivity contribution in [2.45, 2.75) is 0 Å². The molecule has 3 aromatic heterocycles. The van der Waals surface area contributed by atoms with E-state index in [2.05, 4.69) is 20.2 Å². The summed E-state index contributed by atoms with van der Waals surface area (Å²) in [5.74, 6) is -0.645. The van der Waals surface area contributed by atoms with Crippen LogP contribution in [0.3, 0.4) is 0 Å². The van der Waals surface area contributed by atoms with Crippen LogP contribution in [-0.4, -0.2) is 35.6 Å². The lowest BCUT2D eigenvalue weighted by Crippen LogP contribution is -2.00. The second-order valence-electron chi connectivity index (χ2n) is 3.73. The lowest BCUT2D eigenvalue weighted by atomic mass is 10.2. The average Bonchev–Trinajstić information content (AvgIpc) is 2.84. The SMILES string of the molecule is O=C(O)c1cc(Cl)c2nnc(-c3cncnc3)n2c1. The number of aromatic carboxylic acids is 1. The maximum Gasteiger partial charge on any atom is 0.337 e. The number of nitrogens with zero attached hydrogens (tertiary/aromatic N) is 5. The Morgan fingerprint density at radius 1 is 1.26 bits per heavy atom. The fourth-order valence-electron chi connectivity index (χ4n) is 1.68. The van der Waals surface area contributed by atoms with Crippen molar-refractivity contribution in [2.75, 3.05) is 0 Å². The van der Waals surface area contributed by atoms with E-state index in [4.69, 9.17) is 16.7 Å². The minimum absolute atomic E-state index is 0.0513. The Hall–Kier alpha value is -2.54. The number of carboxylic acid groups (broad SMARTS) is 1. The fraction of sp³-hybridized carbons (Fsp3) is 0. The highest BCUT2D eigenvalue weighted by molar-refractivity contribution is 6.33. The lowest BCUT2D eigenvalue weighted by Gasteiger charge is -2.02. The number of hydrogen-bond acceptors (Lipinski definition) is 5. The molecule has 0 aromatic carbocycles. The monoisotopic (exact) mass is 275 g/mol. The molecule has 0 unspecified atom stereocenters. The van der Waals surface area contributed by atoms with Crippen molar-refractivity contribution in [3.05, 3.63) is 41.6 Å². The van der Waals surface area contributed by atoms with Crippen LogP contribution in [0.15, 0.2) is 31.0 Å². The summed E-state index contributed by atoms with van der Waals surface area (Å²) >= 11 is 5.99. The molecule has 0 saturated heterocycles. The van der Waals surface area contributed by atoms with Crippen molar-refractivity contribution >= 4 is 23.2 Å². The minimum atomic E-state index is -1.08. The van der Waals surface area contributed by atoms with Gasteiger partial charge in [0.1, 0.15) is 6.33 Å². The van der Waals surface area contributed by atoms with Gasteiger partial charge in [-0.05, 0) is 6.07 Å². The van der Waals surface area contributed by atoms with E-state index in [1.54, 1.807) is 12.4 Å². The smallest absolute Gasteiger partial charge is 0.337 e. The minimum Gasteiger partial charge on any atom is -0.478 e. The molecule has 0 bridgehead atoms. The van der Waals surface area contributed by atoms with Gasteiger partial charge in [-0.15, -0.1) is 10.2 Å². The molecule has 0 aliphatic carbocycles. The predicted molar refractivity (Wildman–Crippen MR) is 66.0 cm³/mol. The third-order valence-corrected chi connectivity index (χ3v) is 2.80. The van der Waals surface area contributed by atoms with Gasteiger partial charge in [-0.25, -0.2) is 14.8 Å². The van der Waals surface area contributed by atoms with E-state index in [1.807, 2.05) is 0 Å². The molecule has 3 aromatic rings. The summed E-state index contributed by atoms with van der Waals surface area (Å²) in [6, 6.07) is 1.33. The number of carbonyl (C=O) groups is 1. The van der Waals surface area contributed by atoms with Crippen molar-refractivity contribution in [1.29, 1.82) is 0 Å². The molecule has 8 heteroatoms. The molecule has 7 nitrogen and oxygen atoms in total. The Morgan fingerprint density at radius 2 is 2.00 bits per heavy atom. The van der Waals surface area contributed by atoms with Crippen LogP contribution in [-0.2, 0) is 0 Å². The van der Waals surface area contributed by atoms with Gasteiger partial charge in [-0.1, -0.05) is 11.6 Å². The van der Waals surface area contributed by atoms with Gasteiger partial charge in [0.15, 0.2) is 11.5 Å². The summed E-state index contributed by atoms with van der Waals surface area (Å²) in [6.07, 6.45) is 5.92. The molecule has 94 valence electrons. The van der Waals surface area contributed by atoms with Crippen molar-refractivity contribution in [3.63, 3.8) is 0 Å². The second kappa shape index (κ2) is 4.29. The third kappa shape index (κ3) is 1.89. The summed E-state index contributed by atoms with van der Waals surface area (Å²) in [7, 11) is 0. The zero-order valence-electron chi connectivity index (χ0n) is 9.36. The molecule has 0 aliphatic heterocycles. The van der Waals surface area contributed by atoms with E-state index in [0.29, 0.717) is 17.0 Å². The van der Waals surface area contributed by atoms with Gasteiger partial charge >= 0.3 is 5.97 Å². The van der Waals surface area contributed by atoms with E-state index in [1.165, 1.54) is 23.0 Å². The highest BCUT2D eigenvalue weighted by Crippen LogP contribution is 2.23. The topological polar surface area (TPSA) is 93.3 Å². The summed E-state index contributed by atoms with van der Waals surface area (Å²) in [4.78, 5) is 18.8. The molecular weight excluding hydrogens is 270 g/mol. The first kappa shape index (κ1) is 11.5. The summed E-state index contributed by atoms with van der Waals surface area (Å²) in [5.41, 5.74) is 1.05. The molecule has 0 atom stereocenters. The molecule has 0 aliphatic rings. The number of pyridine rings is 1. The molecule has 0 saturated carbocycles. The number of hydrogen-bond donors (Lipinski definition) is 1. The summed E-state index contributed by atoms with van der Waals surface area (Å²) < 4.78 is 1.50. The van der Waals surface area contributed by atoms with Gasteiger partial charge in [0.2, 0.25) is 0 Å². The molecule has 0 amide bonds. The molecule has 3 heterocycles. The average molecular weight is 276 g/mol. The Kier molecular flexibility index (Phi) is 2.60. The van der Waals surface area contributed by atoms with E-state index >= 15 is 0 Å². The quantitative estimate of drug-likeness (QED) is 0.762. The van der Waals surface area contributed by atoms with Gasteiger partial charge in [0, 0.05) is 18.6 Å². The predicted octanol–water partition coefficient (Wildman–Crippen LogP) is 1.54. The number of carboxylic acids is 1. The zero-order valence-corrected chi connectivity index (χ0v) is 10.1. The first-order chi connectivity index (χ1) is 9.16. The van der Waals surface area contributed by atoms with Crippen molar-refractivity contribution in [1.82, 2.24) is 24.6 Å². The van der Waals surface area contributed by atoms with Crippen LogP contribution in [0.2, 0.25) is 5.02 Å². The molecule has 19 heavy (non-hydrogen) atoms. The molecule has 1 N–H and O–H groups in total. The number of aromatic nitrogens is 5. The first-order valence-electron chi connectivity index (χ1n) is 5.20. The van der Waals surface area contributed by atoms with Gasteiger partial charge in [-0.2, -0.15) is 0 Å². The van der Waals surface area contributed by atoms with E-state index in [-0.39, 0.29) is 10.6 Å². The van der Waals surface area contributed by atoms with Crippen LogP contribution in [0.25, 0.3) is 17.0 Å². The summed E-state index contributed by atoms with van der Waals surface area (Å²) in [5, 5.41) is 17.2. The fourth-order valence-corrected chi connectivity index (χ4v) is 1.93. The van der Waals surface area contributed by atoms with Crippen LogP contribution in [0.4, 0.5) is 0 Å². The molecule has 3 rings (SSSR count). The second-order valence-corrected chi connectivity index (χ2v) is 4.13. The van der Waals surface area contributed by atoms with Gasteiger partial charge in [-0.3, -0.25) is 4.40 Å². The Balaban J connectivity index is 2.30. The number of rotatable bonds is 2. The summed E-state index contributed by atoms with van der Waals surface area (Å²) in [6.45, 7) is 0. The van der Waals surface area contributed by atoms with Crippen LogP contribution < -0.4 is 0 Å². The Labute approximate surface area is 111 Å². The Bertz CT molecular complexity index is 771. The van der Waals surface area contributed by atoms with Crippen LogP contribution in [0.5, 0.6) is 0 Å². The van der Waals surface area contributed by atoms with Crippen molar-refractivity contribution in [3.8, 4) is 11.4 Å². The van der Waals surface area contributed by atoms with Gasteiger partial charge in [0.25, 0.3) is 0 Å². The van der Waals surface area contributed by atoms with Crippen LogP contribution >= 0.6 is 11.6 Å². The zero-order chi connectivity index (χ0) is 13.4. The van der Waals surface area contributed by atoms with E-state index in [0.717, 1.165) is 0 Å². The number of halogens is 1. The largest absolute Gasteiger partial charge is 0.478 e. The molecule has 0 fully saturated rings. The molecular formula is C11H6ClN5O2. The number of fused-ring (bicyclic) bond motifs is 1. The normalized spacial score (nSPS) is 10.8. The van der Waals surface area contributed by atoms with Crippen molar-refractivity contribution < 1.29 is 9.90 Å². The van der Waals surface area contributed by atoms with Gasteiger partial charge in [0.05, 0.1) is 16.1 Å². The van der Waals surface area contributed by atoms with Crippen LogP contribution in [0.1, 0.15) is 10.4 Å².